The summed E-state index contributed by atoms with van der Waals surface area (Å²) in [7, 11) is 0. The van der Waals surface area contributed by atoms with E-state index >= 15 is 0 Å². The molecule has 1 N–H and O–H groups in total. The number of furan rings is 1. The van der Waals surface area contributed by atoms with Gasteiger partial charge in [0.1, 0.15) is 6.26 Å². The molecule has 0 aromatic carbocycles. The minimum atomic E-state index is -0.153. The number of rotatable bonds is 7. The Bertz CT molecular complexity index is 451. The highest BCUT2D eigenvalue weighted by molar-refractivity contribution is 5.93. The first-order valence-corrected chi connectivity index (χ1v) is 5.72. The molecule has 6 heteroatoms. The van der Waals surface area contributed by atoms with Gasteiger partial charge in [-0.3, -0.25) is 9.48 Å². The standard InChI is InChI=1S/C12H15N3O3/c16-12(11-2-7-18-10-11)13-4-8-17-9-6-15-5-1-3-14-15/h1-3,5,7,10H,4,6,8-9H2,(H,13,16). The molecule has 0 aliphatic heterocycles. The Balaban J connectivity index is 1.52. The summed E-state index contributed by atoms with van der Waals surface area (Å²) in [6, 6.07) is 3.49. The van der Waals surface area contributed by atoms with E-state index in [1.807, 2.05) is 12.3 Å². The highest BCUT2D eigenvalue weighted by Crippen LogP contribution is 1.98. The van der Waals surface area contributed by atoms with Gasteiger partial charge in [0.05, 0.1) is 31.6 Å². The van der Waals surface area contributed by atoms with E-state index in [1.165, 1.54) is 12.5 Å². The predicted octanol–water partition coefficient (Wildman–Crippen LogP) is 0.923. The summed E-state index contributed by atoms with van der Waals surface area (Å²) in [6.07, 6.45) is 6.48. The van der Waals surface area contributed by atoms with Crippen LogP contribution in [0.25, 0.3) is 0 Å². The molecule has 1 amide bonds. The molecule has 0 atom stereocenters. The third-order valence-electron chi connectivity index (χ3n) is 2.34. The summed E-state index contributed by atoms with van der Waals surface area (Å²) < 4.78 is 12.0. The van der Waals surface area contributed by atoms with Gasteiger partial charge in [0.25, 0.3) is 5.91 Å². The van der Waals surface area contributed by atoms with Crippen molar-refractivity contribution in [3.63, 3.8) is 0 Å². The zero-order valence-corrected chi connectivity index (χ0v) is 9.91. The molecule has 2 heterocycles. The largest absolute Gasteiger partial charge is 0.472 e. The maximum Gasteiger partial charge on any atom is 0.254 e. The highest BCUT2D eigenvalue weighted by Gasteiger charge is 2.04. The molecule has 0 bridgehead atoms. The third kappa shape index (κ3) is 3.74. The number of aromatic nitrogens is 2. The molecular formula is C12H15N3O3. The fourth-order valence-corrected chi connectivity index (χ4v) is 1.43. The monoisotopic (exact) mass is 249 g/mol. The maximum absolute atomic E-state index is 11.5. The molecule has 0 fully saturated rings. The van der Waals surface area contributed by atoms with Crippen LogP contribution in [0.3, 0.4) is 0 Å². The first-order valence-electron chi connectivity index (χ1n) is 5.72. The summed E-state index contributed by atoms with van der Waals surface area (Å²) in [6.45, 7) is 2.24. The second-order valence-electron chi connectivity index (χ2n) is 3.65. The van der Waals surface area contributed by atoms with Gasteiger partial charge in [-0.15, -0.1) is 0 Å². The quantitative estimate of drug-likeness (QED) is 0.741. The Morgan fingerprint density at radius 2 is 2.44 bits per heavy atom. The van der Waals surface area contributed by atoms with Gasteiger partial charge in [-0.2, -0.15) is 5.10 Å². The van der Waals surface area contributed by atoms with Gasteiger partial charge in [0.15, 0.2) is 0 Å². The molecule has 0 unspecified atom stereocenters. The zero-order chi connectivity index (χ0) is 12.6. The molecule has 2 aromatic heterocycles. The first-order chi connectivity index (χ1) is 8.86. The molecule has 18 heavy (non-hydrogen) atoms. The Morgan fingerprint density at radius 3 is 3.17 bits per heavy atom. The van der Waals surface area contributed by atoms with Crippen LogP contribution in [-0.4, -0.2) is 35.4 Å². The Labute approximate surface area is 105 Å². The topological polar surface area (TPSA) is 69.3 Å². The van der Waals surface area contributed by atoms with Crippen molar-refractivity contribution in [2.75, 3.05) is 19.8 Å². The number of hydrogen-bond donors (Lipinski definition) is 1. The SMILES string of the molecule is O=C(NCCOCCn1cccn1)c1ccoc1. The molecular weight excluding hydrogens is 234 g/mol. The molecule has 2 aromatic rings. The van der Waals surface area contributed by atoms with Crippen LogP contribution in [0.15, 0.2) is 41.5 Å². The molecule has 0 aliphatic carbocycles. The van der Waals surface area contributed by atoms with E-state index in [4.69, 9.17) is 9.15 Å². The van der Waals surface area contributed by atoms with Crippen molar-refractivity contribution in [3.05, 3.63) is 42.6 Å². The normalized spacial score (nSPS) is 10.4. The van der Waals surface area contributed by atoms with Gasteiger partial charge >= 0.3 is 0 Å². The average molecular weight is 249 g/mol. The Kier molecular flexibility index (Phi) is 4.54. The maximum atomic E-state index is 11.5. The number of amides is 1. The third-order valence-corrected chi connectivity index (χ3v) is 2.34. The van der Waals surface area contributed by atoms with Crippen molar-refractivity contribution < 1.29 is 13.9 Å². The number of hydrogen-bond acceptors (Lipinski definition) is 4. The van der Waals surface area contributed by atoms with Crippen LogP contribution in [0.2, 0.25) is 0 Å². The Morgan fingerprint density at radius 1 is 1.50 bits per heavy atom. The van der Waals surface area contributed by atoms with Gasteiger partial charge in [-0.25, -0.2) is 0 Å². The average Bonchev–Trinajstić information content (AvgIpc) is 3.05. The van der Waals surface area contributed by atoms with Gasteiger partial charge in [0, 0.05) is 18.9 Å². The molecule has 0 radical (unpaired) electrons. The lowest BCUT2D eigenvalue weighted by atomic mass is 10.3. The second kappa shape index (κ2) is 6.61. The number of nitrogens with zero attached hydrogens (tertiary/aromatic N) is 2. The molecule has 0 saturated carbocycles. The van der Waals surface area contributed by atoms with Crippen LogP contribution in [0.5, 0.6) is 0 Å². The van der Waals surface area contributed by atoms with E-state index in [0.29, 0.717) is 31.9 Å². The van der Waals surface area contributed by atoms with E-state index < -0.39 is 0 Å². The number of ether oxygens (including phenoxy) is 1. The smallest absolute Gasteiger partial charge is 0.254 e. The van der Waals surface area contributed by atoms with E-state index in [1.54, 1.807) is 16.9 Å². The molecule has 0 saturated heterocycles. The number of nitrogens with one attached hydrogen (secondary N) is 1. The molecule has 96 valence electrons. The summed E-state index contributed by atoms with van der Waals surface area (Å²) >= 11 is 0. The van der Waals surface area contributed by atoms with Crippen molar-refractivity contribution in [2.45, 2.75) is 6.54 Å². The molecule has 0 aliphatic rings. The van der Waals surface area contributed by atoms with Gasteiger partial charge in [-0.1, -0.05) is 0 Å². The molecule has 2 rings (SSSR count). The summed E-state index contributed by atoms with van der Waals surface area (Å²) in [5.41, 5.74) is 0.520. The minimum absolute atomic E-state index is 0.153. The van der Waals surface area contributed by atoms with E-state index in [9.17, 15) is 4.79 Å². The van der Waals surface area contributed by atoms with E-state index in [-0.39, 0.29) is 5.91 Å². The lowest BCUT2D eigenvalue weighted by molar-refractivity contribution is 0.0905. The van der Waals surface area contributed by atoms with Gasteiger partial charge in [0.2, 0.25) is 0 Å². The van der Waals surface area contributed by atoms with Crippen LogP contribution >= 0.6 is 0 Å². The Hall–Kier alpha value is -2.08. The number of carbonyl (C=O) groups is 1. The van der Waals surface area contributed by atoms with Gasteiger partial charge < -0.3 is 14.5 Å². The van der Waals surface area contributed by atoms with Crippen LogP contribution < -0.4 is 5.32 Å². The van der Waals surface area contributed by atoms with Crippen molar-refractivity contribution in [2.24, 2.45) is 0 Å². The van der Waals surface area contributed by atoms with Gasteiger partial charge in [-0.05, 0) is 12.1 Å². The van der Waals surface area contributed by atoms with Crippen molar-refractivity contribution in [3.8, 4) is 0 Å². The van der Waals surface area contributed by atoms with Crippen LogP contribution in [-0.2, 0) is 11.3 Å². The lowest BCUT2D eigenvalue weighted by Gasteiger charge is -2.05. The first kappa shape index (κ1) is 12.4. The highest BCUT2D eigenvalue weighted by atomic mass is 16.5. The van der Waals surface area contributed by atoms with Crippen LogP contribution in [0.4, 0.5) is 0 Å². The molecule has 0 spiro atoms. The lowest BCUT2D eigenvalue weighted by Crippen LogP contribution is -2.27. The minimum Gasteiger partial charge on any atom is -0.472 e. The number of carbonyl (C=O) groups excluding carboxylic acids is 1. The fourth-order valence-electron chi connectivity index (χ4n) is 1.43. The molecule has 6 nitrogen and oxygen atoms in total. The van der Waals surface area contributed by atoms with Crippen molar-refractivity contribution in [1.29, 1.82) is 0 Å². The fraction of sp³-hybridized carbons (Fsp3) is 0.333. The summed E-state index contributed by atoms with van der Waals surface area (Å²) in [4.78, 5) is 11.5. The zero-order valence-electron chi connectivity index (χ0n) is 9.91. The van der Waals surface area contributed by atoms with Crippen LogP contribution in [0, 0.1) is 0 Å². The van der Waals surface area contributed by atoms with E-state index in [2.05, 4.69) is 10.4 Å². The van der Waals surface area contributed by atoms with Crippen LogP contribution in [0.1, 0.15) is 10.4 Å². The predicted molar refractivity (Wildman–Crippen MR) is 64.1 cm³/mol. The summed E-state index contributed by atoms with van der Waals surface area (Å²) in [5.74, 6) is -0.153. The summed E-state index contributed by atoms with van der Waals surface area (Å²) in [5, 5.41) is 6.78. The van der Waals surface area contributed by atoms with E-state index in [0.717, 1.165) is 0 Å². The van der Waals surface area contributed by atoms with Crippen molar-refractivity contribution in [1.82, 2.24) is 15.1 Å². The second-order valence-corrected chi connectivity index (χ2v) is 3.65. The van der Waals surface area contributed by atoms with Crippen molar-refractivity contribution >= 4 is 5.91 Å².